The summed E-state index contributed by atoms with van der Waals surface area (Å²) in [4.78, 5) is 37.3. The first-order chi connectivity index (χ1) is 18.0. The van der Waals surface area contributed by atoms with Crippen LogP contribution in [-0.4, -0.2) is 23.7 Å². The van der Waals surface area contributed by atoms with E-state index in [1.807, 2.05) is 60.7 Å². The number of nitrogens with one attached hydrogen (secondary N) is 1. The minimum Gasteiger partial charge on any atom is -0.461 e. The van der Waals surface area contributed by atoms with Crippen molar-refractivity contribution in [2.75, 3.05) is 5.32 Å². The minimum absolute atomic E-state index is 0.0536. The lowest BCUT2D eigenvalue weighted by Crippen LogP contribution is -2.37. The fourth-order valence-electron chi connectivity index (χ4n) is 3.79. The summed E-state index contributed by atoms with van der Waals surface area (Å²) >= 11 is 0. The van der Waals surface area contributed by atoms with Gasteiger partial charge in [0.2, 0.25) is 5.91 Å². The molecule has 0 aliphatic heterocycles. The van der Waals surface area contributed by atoms with Crippen LogP contribution in [0.15, 0.2) is 109 Å². The van der Waals surface area contributed by atoms with Gasteiger partial charge in [-0.15, -0.1) is 0 Å². The molecule has 0 unspecified atom stereocenters. The van der Waals surface area contributed by atoms with E-state index >= 15 is 0 Å². The van der Waals surface area contributed by atoms with Crippen molar-refractivity contribution in [2.45, 2.75) is 25.5 Å². The van der Waals surface area contributed by atoms with Gasteiger partial charge >= 0.3 is 5.97 Å². The topological polar surface area (TPSA) is 98.5 Å². The van der Waals surface area contributed by atoms with Crippen LogP contribution < -0.4 is 11.1 Å². The zero-order chi connectivity index (χ0) is 26.0. The van der Waals surface area contributed by atoms with Crippen LogP contribution in [0, 0.1) is 0 Å². The predicted octanol–water partition coefficient (Wildman–Crippen LogP) is 4.71. The zero-order valence-corrected chi connectivity index (χ0v) is 20.3. The number of hydrogen-bond donors (Lipinski definition) is 2. The van der Waals surface area contributed by atoms with E-state index in [9.17, 15) is 14.4 Å². The van der Waals surface area contributed by atoms with E-state index in [4.69, 9.17) is 10.5 Å². The Bertz CT molecular complexity index is 1340. The van der Waals surface area contributed by atoms with Gasteiger partial charge in [-0.1, -0.05) is 97.1 Å². The van der Waals surface area contributed by atoms with Crippen LogP contribution in [-0.2, 0) is 33.8 Å². The predicted molar refractivity (Wildman–Crippen MR) is 143 cm³/mol. The Morgan fingerprint density at radius 1 is 0.676 bits per heavy atom. The van der Waals surface area contributed by atoms with Gasteiger partial charge in [-0.3, -0.25) is 14.4 Å². The van der Waals surface area contributed by atoms with Crippen LogP contribution >= 0.6 is 0 Å². The quantitative estimate of drug-likeness (QED) is 0.247. The molecule has 0 radical (unpaired) electrons. The first-order valence-corrected chi connectivity index (χ1v) is 12.0. The first kappa shape index (κ1) is 25.5. The molecule has 4 aromatic rings. The molecule has 6 nitrogen and oxygen atoms in total. The summed E-state index contributed by atoms with van der Waals surface area (Å²) in [5, 5.41) is 2.81. The SMILES string of the molecule is N[C@@H](Cc1ccc(C(=O)c2ccccc2)cc1)C(=O)Nc1ccc(CC(=O)OCc2ccccc2)cc1. The molecule has 0 bridgehead atoms. The summed E-state index contributed by atoms with van der Waals surface area (Å²) in [6, 6.07) is 31.9. The van der Waals surface area contributed by atoms with Crippen LogP contribution in [0.1, 0.15) is 32.6 Å². The number of anilines is 1. The molecule has 6 heteroatoms. The monoisotopic (exact) mass is 492 g/mol. The van der Waals surface area contributed by atoms with Gasteiger partial charge in [-0.25, -0.2) is 0 Å². The van der Waals surface area contributed by atoms with Crippen molar-refractivity contribution in [3.05, 3.63) is 137 Å². The number of benzene rings is 4. The molecule has 0 fully saturated rings. The maximum Gasteiger partial charge on any atom is 0.310 e. The maximum absolute atomic E-state index is 12.6. The van der Waals surface area contributed by atoms with Crippen molar-refractivity contribution in [2.24, 2.45) is 5.73 Å². The van der Waals surface area contributed by atoms with Gasteiger partial charge in [0.15, 0.2) is 5.78 Å². The molecule has 1 atom stereocenters. The number of hydrogen-bond acceptors (Lipinski definition) is 5. The number of nitrogens with two attached hydrogens (primary N) is 1. The number of ether oxygens (including phenoxy) is 1. The third-order valence-electron chi connectivity index (χ3n) is 5.86. The Hall–Kier alpha value is -4.55. The summed E-state index contributed by atoms with van der Waals surface area (Å²) in [6.07, 6.45) is 0.473. The van der Waals surface area contributed by atoms with Gasteiger partial charge in [0.05, 0.1) is 12.5 Å². The Morgan fingerprint density at radius 3 is 1.89 bits per heavy atom. The second-order valence-corrected chi connectivity index (χ2v) is 8.71. The van der Waals surface area contributed by atoms with E-state index in [0.29, 0.717) is 23.2 Å². The summed E-state index contributed by atoms with van der Waals surface area (Å²) in [7, 11) is 0. The van der Waals surface area contributed by atoms with Crippen molar-refractivity contribution >= 4 is 23.3 Å². The van der Waals surface area contributed by atoms with Crippen LogP contribution in [0.4, 0.5) is 5.69 Å². The van der Waals surface area contributed by atoms with E-state index in [0.717, 1.165) is 16.7 Å². The number of amides is 1. The van der Waals surface area contributed by atoms with Crippen molar-refractivity contribution in [1.82, 2.24) is 0 Å². The first-order valence-electron chi connectivity index (χ1n) is 12.0. The lowest BCUT2D eigenvalue weighted by atomic mass is 9.99. The number of rotatable bonds is 10. The summed E-state index contributed by atoms with van der Waals surface area (Å²) in [5.74, 6) is -0.694. The molecule has 0 aliphatic carbocycles. The highest BCUT2D eigenvalue weighted by Gasteiger charge is 2.15. The van der Waals surface area contributed by atoms with E-state index in [-0.39, 0.29) is 30.7 Å². The molecule has 4 rings (SSSR count). The number of carbonyl (C=O) groups is 3. The summed E-state index contributed by atoms with van der Waals surface area (Å²) in [5.41, 5.74) is 10.5. The third kappa shape index (κ3) is 7.46. The van der Waals surface area contributed by atoms with Gasteiger partial charge in [-0.05, 0) is 35.2 Å². The molecule has 186 valence electrons. The molecule has 1 amide bonds. The van der Waals surface area contributed by atoms with Gasteiger partial charge in [0, 0.05) is 16.8 Å². The number of ketones is 1. The molecule has 4 aromatic carbocycles. The van der Waals surface area contributed by atoms with Gasteiger partial charge in [0.25, 0.3) is 0 Å². The molecule has 0 aromatic heterocycles. The molecule has 3 N–H and O–H groups in total. The molecule has 0 heterocycles. The van der Waals surface area contributed by atoms with Gasteiger partial charge in [0.1, 0.15) is 6.61 Å². The Balaban J connectivity index is 1.25. The van der Waals surface area contributed by atoms with E-state index < -0.39 is 6.04 Å². The fraction of sp³-hybridized carbons (Fsp3) is 0.129. The summed E-state index contributed by atoms with van der Waals surface area (Å²) < 4.78 is 5.31. The third-order valence-corrected chi connectivity index (χ3v) is 5.86. The minimum atomic E-state index is -0.761. The van der Waals surface area contributed by atoms with Crippen LogP contribution in [0.2, 0.25) is 0 Å². The Kier molecular flexibility index (Phi) is 8.57. The van der Waals surface area contributed by atoms with E-state index in [2.05, 4.69) is 5.32 Å². The van der Waals surface area contributed by atoms with Crippen molar-refractivity contribution in [1.29, 1.82) is 0 Å². The highest BCUT2D eigenvalue weighted by molar-refractivity contribution is 6.08. The highest BCUT2D eigenvalue weighted by Crippen LogP contribution is 2.14. The average molecular weight is 493 g/mol. The molecule has 0 spiro atoms. The van der Waals surface area contributed by atoms with Crippen molar-refractivity contribution in [3.8, 4) is 0 Å². The number of esters is 1. The largest absolute Gasteiger partial charge is 0.461 e. The Labute approximate surface area is 216 Å². The number of carbonyl (C=O) groups excluding carboxylic acids is 3. The van der Waals surface area contributed by atoms with Crippen LogP contribution in [0.5, 0.6) is 0 Å². The molecule has 0 saturated carbocycles. The van der Waals surface area contributed by atoms with Gasteiger partial charge in [-0.2, -0.15) is 0 Å². The lowest BCUT2D eigenvalue weighted by molar-refractivity contribution is -0.144. The molecule has 0 saturated heterocycles. The van der Waals surface area contributed by atoms with Gasteiger partial charge < -0.3 is 15.8 Å². The van der Waals surface area contributed by atoms with Crippen molar-refractivity contribution < 1.29 is 19.1 Å². The van der Waals surface area contributed by atoms with E-state index in [1.165, 1.54) is 0 Å². The lowest BCUT2D eigenvalue weighted by Gasteiger charge is -2.13. The second-order valence-electron chi connectivity index (χ2n) is 8.71. The van der Waals surface area contributed by atoms with Crippen molar-refractivity contribution in [3.63, 3.8) is 0 Å². The van der Waals surface area contributed by atoms with Crippen LogP contribution in [0.3, 0.4) is 0 Å². The molecular weight excluding hydrogens is 464 g/mol. The Morgan fingerprint density at radius 2 is 1.24 bits per heavy atom. The zero-order valence-electron chi connectivity index (χ0n) is 20.3. The second kappa shape index (κ2) is 12.4. The molecular formula is C31H28N2O4. The standard InChI is InChI=1S/C31H28N2O4/c32-28(19-22-11-15-26(16-12-22)30(35)25-9-5-2-6-10-25)31(36)33-27-17-13-23(14-18-27)20-29(34)37-21-24-7-3-1-4-8-24/h1-18,28H,19-21,32H2,(H,33,36)/t28-/m0/s1. The maximum atomic E-state index is 12.6. The van der Waals surface area contributed by atoms with E-state index in [1.54, 1.807) is 48.5 Å². The normalized spacial score (nSPS) is 11.4. The highest BCUT2D eigenvalue weighted by atomic mass is 16.5. The molecule has 37 heavy (non-hydrogen) atoms. The average Bonchev–Trinajstić information content (AvgIpc) is 2.94. The fourth-order valence-corrected chi connectivity index (χ4v) is 3.79. The summed E-state index contributed by atoms with van der Waals surface area (Å²) in [6.45, 7) is 0.234. The molecule has 0 aliphatic rings. The smallest absolute Gasteiger partial charge is 0.310 e. The van der Waals surface area contributed by atoms with Crippen LogP contribution in [0.25, 0.3) is 0 Å².